The zero-order valence-electron chi connectivity index (χ0n) is 14.0. The number of piperazine rings is 1. The van der Waals surface area contributed by atoms with Crippen molar-refractivity contribution in [3.8, 4) is 0 Å². The van der Waals surface area contributed by atoms with E-state index in [-0.39, 0.29) is 24.0 Å². The molecule has 2 fully saturated rings. The summed E-state index contributed by atoms with van der Waals surface area (Å²) >= 11 is 0. The number of nitrogens with two attached hydrogens (primary N) is 1. The van der Waals surface area contributed by atoms with Gasteiger partial charge in [-0.05, 0) is 18.6 Å². The van der Waals surface area contributed by atoms with Crippen LogP contribution in [0, 0.1) is 5.82 Å². The van der Waals surface area contributed by atoms with Gasteiger partial charge in [0.2, 0.25) is 11.8 Å². The number of benzene rings is 1. The number of nitrogens with one attached hydrogen (secondary N) is 1. The highest BCUT2D eigenvalue weighted by atomic mass is 19.1. The third-order valence-electron chi connectivity index (χ3n) is 5.05. The Hall–Kier alpha value is -2.81. The van der Waals surface area contributed by atoms with Crippen LogP contribution in [0.4, 0.5) is 10.1 Å². The normalized spacial score (nSPS) is 23.3. The molecule has 1 atom stereocenters. The Kier molecular flexibility index (Phi) is 3.95. The molecule has 3 heterocycles. The highest BCUT2D eigenvalue weighted by Crippen LogP contribution is 2.32. The van der Waals surface area contributed by atoms with Gasteiger partial charge in [-0.1, -0.05) is 0 Å². The minimum Gasteiger partial charge on any atom is -0.358 e. The first-order valence-electron chi connectivity index (χ1n) is 8.59. The van der Waals surface area contributed by atoms with Crippen LogP contribution in [0.25, 0.3) is 0 Å². The average Bonchev–Trinajstić information content (AvgIpc) is 2.86. The van der Waals surface area contributed by atoms with E-state index in [9.17, 15) is 23.6 Å². The number of nitrogens with zero attached hydrogens (tertiary/aromatic N) is 2. The zero-order chi connectivity index (χ0) is 18.4. The lowest BCUT2D eigenvalue weighted by Gasteiger charge is -2.28. The van der Waals surface area contributed by atoms with E-state index in [1.807, 2.05) is 4.90 Å². The highest BCUT2D eigenvalue weighted by molar-refractivity contribution is 6.23. The molecule has 3 aliphatic heterocycles. The molecule has 3 N–H and O–H groups in total. The Bertz CT molecular complexity index is 834. The lowest BCUT2D eigenvalue weighted by Crippen LogP contribution is -2.89. The summed E-state index contributed by atoms with van der Waals surface area (Å²) in [6, 6.07) is 1.44. The number of piperidine rings is 1. The van der Waals surface area contributed by atoms with Crippen molar-refractivity contribution in [2.45, 2.75) is 18.9 Å². The molecule has 26 heavy (non-hydrogen) atoms. The Morgan fingerprint density at radius 3 is 2.35 bits per heavy atom. The van der Waals surface area contributed by atoms with Crippen molar-refractivity contribution in [1.82, 2.24) is 10.2 Å². The van der Waals surface area contributed by atoms with Crippen molar-refractivity contribution >= 4 is 29.3 Å². The fraction of sp³-hybridized carbons (Fsp3) is 0.412. The molecular formula is C17H18FN4O4+. The van der Waals surface area contributed by atoms with Gasteiger partial charge in [0.15, 0.2) is 0 Å². The number of carbonyl (C=O) groups is 4. The minimum absolute atomic E-state index is 0.0375. The smallest absolute Gasteiger partial charge is 0.262 e. The average molecular weight is 361 g/mol. The van der Waals surface area contributed by atoms with Gasteiger partial charge in [0.05, 0.1) is 43.0 Å². The quantitative estimate of drug-likeness (QED) is 0.632. The van der Waals surface area contributed by atoms with Crippen molar-refractivity contribution in [2.24, 2.45) is 0 Å². The second-order valence-electron chi connectivity index (χ2n) is 6.65. The van der Waals surface area contributed by atoms with Crippen LogP contribution in [-0.2, 0) is 9.59 Å². The number of rotatable bonds is 2. The standard InChI is InChI=1S/C17H17FN4O4/c18-11-7-9-10(8-13(11)21-5-3-19-4-6-21)17(26)22(16(9)25)12-1-2-14(23)20-15(12)24/h7-8,12,19H,1-6H2,(H,20,23,24)/p+1. The van der Waals surface area contributed by atoms with Gasteiger partial charge in [0.25, 0.3) is 11.8 Å². The van der Waals surface area contributed by atoms with Gasteiger partial charge < -0.3 is 10.2 Å². The summed E-state index contributed by atoms with van der Waals surface area (Å²) in [5.41, 5.74) is 0.360. The molecule has 1 aromatic carbocycles. The summed E-state index contributed by atoms with van der Waals surface area (Å²) in [7, 11) is 0. The fourth-order valence-corrected chi connectivity index (χ4v) is 3.71. The van der Waals surface area contributed by atoms with Crippen molar-refractivity contribution in [2.75, 3.05) is 31.1 Å². The molecule has 8 nitrogen and oxygen atoms in total. The van der Waals surface area contributed by atoms with Crippen LogP contribution in [-0.4, -0.2) is 60.7 Å². The highest BCUT2D eigenvalue weighted by Gasteiger charge is 2.45. The number of quaternary nitrogens is 1. The Balaban J connectivity index is 1.68. The number of hydrogen-bond acceptors (Lipinski definition) is 5. The van der Waals surface area contributed by atoms with Crippen LogP contribution in [0.3, 0.4) is 0 Å². The Labute approximate surface area is 148 Å². The third-order valence-corrected chi connectivity index (χ3v) is 5.05. The fourth-order valence-electron chi connectivity index (χ4n) is 3.71. The van der Waals surface area contributed by atoms with Gasteiger partial charge in [0.1, 0.15) is 11.9 Å². The molecule has 0 radical (unpaired) electrons. The van der Waals surface area contributed by atoms with E-state index in [1.165, 1.54) is 6.07 Å². The number of anilines is 1. The van der Waals surface area contributed by atoms with Gasteiger partial charge in [-0.25, -0.2) is 4.39 Å². The van der Waals surface area contributed by atoms with Gasteiger partial charge in [-0.3, -0.25) is 29.4 Å². The van der Waals surface area contributed by atoms with Crippen LogP contribution in [0.1, 0.15) is 33.6 Å². The number of amides is 4. The van der Waals surface area contributed by atoms with Gasteiger partial charge in [0, 0.05) is 6.42 Å². The van der Waals surface area contributed by atoms with E-state index in [4.69, 9.17) is 0 Å². The predicted molar refractivity (Wildman–Crippen MR) is 86.9 cm³/mol. The SMILES string of the molecule is O=C1CCC(N2C(=O)c3cc(F)c(N4CC[NH2+]CC4)cc3C2=O)C(=O)N1. The van der Waals surface area contributed by atoms with Gasteiger partial charge in [-0.15, -0.1) is 0 Å². The summed E-state index contributed by atoms with van der Waals surface area (Å²) in [6.07, 6.45) is 0.126. The predicted octanol–water partition coefficient (Wildman–Crippen LogP) is -1.39. The molecule has 0 aromatic heterocycles. The first-order valence-corrected chi connectivity index (χ1v) is 8.59. The molecule has 4 rings (SSSR count). The van der Waals surface area contributed by atoms with E-state index in [2.05, 4.69) is 10.6 Å². The van der Waals surface area contributed by atoms with Crippen molar-refractivity contribution in [3.05, 3.63) is 29.1 Å². The minimum atomic E-state index is -1.05. The third kappa shape index (κ3) is 2.55. The second kappa shape index (κ2) is 6.17. The second-order valence-corrected chi connectivity index (χ2v) is 6.65. The van der Waals surface area contributed by atoms with Crippen LogP contribution >= 0.6 is 0 Å². The van der Waals surface area contributed by atoms with Crippen LogP contribution < -0.4 is 15.5 Å². The molecule has 4 amide bonds. The Morgan fingerprint density at radius 2 is 1.69 bits per heavy atom. The van der Waals surface area contributed by atoms with Crippen LogP contribution in [0.5, 0.6) is 0 Å². The molecule has 0 aliphatic carbocycles. The summed E-state index contributed by atoms with van der Waals surface area (Å²) in [4.78, 5) is 51.4. The largest absolute Gasteiger partial charge is 0.358 e. The van der Waals surface area contributed by atoms with Crippen LogP contribution in [0.15, 0.2) is 12.1 Å². The maximum absolute atomic E-state index is 14.6. The summed E-state index contributed by atoms with van der Waals surface area (Å²) < 4.78 is 14.6. The van der Waals surface area contributed by atoms with Crippen molar-refractivity contribution in [3.63, 3.8) is 0 Å². The van der Waals surface area contributed by atoms with E-state index >= 15 is 0 Å². The van der Waals surface area contributed by atoms with E-state index in [1.54, 1.807) is 0 Å². The Morgan fingerprint density at radius 1 is 1.04 bits per heavy atom. The molecule has 3 aliphatic rings. The molecule has 1 unspecified atom stereocenters. The van der Waals surface area contributed by atoms with E-state index in [0.29, 0.717) is 18.8 Å². The molecule has 1 aromatic rings. The van der Waals surface area contributed by atoms with Crippen molar-refractivity contribution < 1.29 is 28.9 Å². The number of imide groups is 2. The lowest BCUT2D eigenvalue weighted by molar-refractivity contribution is -0.655. The monoisotopic (exact) mass is 361 g/mol. The first-order chi connectivity index (χ1) is 12.5. The number of fused-ring (bicyclic) bond motifs is 1. The van der Waals surface area contributed by atoms with Gasteiger partial charge >= 0.3 is 0 Å². The van der Waals surface area contributed by atoms with Crippen LogP contribution in [0.2, 0.25) is 0 Å². The topological polar surface area (TPSA) is 103 Å². The summed E-state index contributed by atoms with van der Waals surface area (Å²) in [6.45, 7) is 2.95. The molecule has 136 valence electrons. The van der Waals surface area contributed by atoms with Gasteiger partial charge in [-0.2, -0.15) is 0 Å². The number of hydrogen-bond donors (Lipinski definition) is 2. The molecular weight excluding hydrogens is 343 g/mol. The maximum Gasteiger partial charge on any atom is 0.262 e. The zero-order valence-corrected chi connectivity index (χ0v) is 14.0. The number of halogens is 1. The molecule has 0 bridgehead atoms. The number of carbonyl (C=O) groups excluding carboxylic acids is 4. The van der Waals surface area contributed by atoms with E-state index in [0.717, 1.165) is 24.1 Å². The molecule has 0 saturated carbocycles. The summed E-state index contributed by atoms with van der Waals surface area (Å²) in [5, 5.41) is 4.26. The molecule has 9 heteroatoms. The molecule has 2 saturated heterocycles. The van der Waals surface area contributed by atoms with E-state index < -0.39 is 35.5 Å². The summed E-state index contributed by atoms with van der Waals surface area (Å²) in [5.74, 6) is -2.99. The lowest BCUT2D eigenvalue weighted by atomic mass is 10.0. The van der Waals surface area contributed by atoms with Crippen molar-refractivity contribution in [1.29, 1.82) is 0 Å². The molecule has 0 spiro atoms. The first kappa shape index (κ1) is 16.6. The maximum atomic E-state index is 14.6.